The normalized spacial score (nSPS) is 28.6. The van der Waals surface area contributed by atoms with Crippen LogP contribution >= 0.6 is 0 Å². The molecule has 0 heterocycles. The number of carboxylic acids is 1. The van der Waals surface area contributed by atoms with Gasteiger partial charge < -0.3 is 9.53 Å². The fraction of sp³-hybridized carbons (Fsp3) is 0.929. The van der Waals surface area contributed by atoms with Gasteiger partial charge in [0.25, 0.3) is 0 Å². The van der Waals surface area contributed by atoms with Gasteiger partial charge in [0.1, 0.15) is 0 Å². The Morgan fingerprint density at radius 3 is 2.61 bits per heavy atom. The standard InChI is InChI=1S/C14H28O3Si/c1-5-7-11-18(3,4)17-14(13(15)16)10-8-9-12(14)6-2/h12H,5-11H2,1-4H3,(H,15,16). The summed E-state index contributed by atoms with van der Waals surface area (Å²) >= 11 is 0. The second-order valence-corrected chi connectivity index (χ2v) is 10.4. The zero-order chi connectivity index (χ0) is 13.8. The van der Waals surface area contributed by atoms with E-state index in [-0.39, 0.29) is 5.92 Å². The lowest BCUT2D eigenvalue weighted by molar-refractivity contribution is -0.160. The first kappa shape index (κ1) is 15.7. The Morgan fingerprint density at radius 2 is 2.11 bits per heavy atom. The van der Waals surface area contributed by atoms with Crippen LogP contribution in [-0.4, -0.2) is 25.0 Å². The summed E-state index contributed by atoms with van der Waals surface area (Å²) in [5, 5.41) is 9.65. The third-order valence-electron chi connectivity index (χ3n) is 4.21. The number of rotatable bonds is 7. The first-order valence-electron chi connectivity index (χ1n) is 7.31. The molecule has 2 atom stereocenters. The predicted octanol–water partition coefficient (Wildman–Crippen LogP) is 4.04. The van der Waals surface area contributed by atoms with Crippen molar-refractivity contribution in [1.29, 1.82) is 0 Å². The first-order valence-corrected chi connectivity index (χ1v) is 10.4. The van der Waals surface area contributed by atoms with Gasteiger partial charge in [-0.2, -0.15) is 0 Å². The number of hydrogen-bond acceptors (Lipinski definition) is 2. The summed E-state index contributed by atoms with van der Waals surface area (Å²) in [4.78, 5) is 11.7. The minimum atomic E-state index is -1.86. The average molecular weight is 272 g/mol. The quantitative estimate of drug-likeness (QED) is 0.711. The lowest BCUT2D eigenvalue weighted by Crippen LogP contribution is -2.52. The van der Waals surface area contributed by atoms with E-state index in [1.807, 2.05) is 0 Å². The highest BCUT2D eigenvalue weighted by molar-refractivity contribution is 6.71. The molecule has 1 fully saturated rings. The first-order chi connectivity index (χ1) is 8.38. The van der Waals surface area contributed by atoms with Gasteiger partial charge in [-0.15, -0.1) is 0 Å². The van der Waals surface area contributed by atoms with Gasteiger partial charge >= 0.3 is 5.97 Å². The van der Waals surface area contributed by atoms with Crippen LogP contribution in [0.2, 0.25) is 19.1 Å². The van der Waals surface area contributed by atoms with Gasteiger partial charge in [-0.25, -0.2) is 4.79 Å². The topological polar surface area (TPSA) is 46.5 Å². The molecule has 0 spiro atoms. The van der Waals surface area contributed by atoms with E-state index in [1.54, 1.807) is 0 Å². The zero-order valence-corrected chi connectivity index (χ0v) is 13.3. The van der Waals surface area contributed by atoms with Crippen LogP contribution in [0.3, 0.4) is 0 Å². The third-order valence-corrected chi connectivity index (χ3v) is 6.68. The maximum Gasteiger partial charge on any atom is 0.335 e. The second-order valence-electron chi connectivity index (χ2n) is 6.16. The van der Waals surface area contributed by atoms with E-state index in [0.29, 0.717) is 6.42 Å². The van der Waals surface area contributed by atoms with Crippen molar-refractivity contribution in [3.8, 4) is 0 Å². The van der Waals surface area contributed by atoms with Crippen LogP contribution in [0.25, 0.3) is 0 Å². The molecular formula is C14H28O3Si. The molecule has 18 heavy (non-hydrogen) atoms. The van der Waals surface area contributed by atoms with Crippen LogP contribution in [-0.2, 0) is 9.22 Å². The van der Waals surface area contributed by atoms with Crippen molar-refractivity contribution in [2.75, 3.05) is 0 Å². The molecule has 0 aromatic heterocycles. The highest BCUT2D eigenvalue weighted by atomic mass is 28.4. The largest absolute Gasteiger partial charge is 0.479 e. The number of carboxylic acid groups (broad SMARTS) is 1. The van der Waals surface area contributed by atoms with Crippen molar-refractivity contribution >= 4 is 14.3 Å². The molecule has 0 radical (unpaired) electrons. The van der Waals surface area contributed by atoms with Gasteiger partial charge in [0.2, 0.25) is 0 Å². The lowest BCUT2D eigenvalue weighted by Gasteiger charge is -2.38. The van der Waals surface area contributed by atoms with Crippen LogP contribution in [0, 0.1) is 5.92 Å². The van der Waals surface area contributed by atoms with Crippen LogP contribution < -0.4 is 0 Å². The molecule has 0 saturated heterocycles. The lowest BCUT2D eigenvalue weighted by atomic mass is 9.89. The van der Waals surface area contributed by atoms with Crippen molar-refractivity contribution in [3.05, 3.63) is 0 Å². The fourth-order valence-electron chi connectivity index (χ4n) is 3.19. The van der Waals surface area contributed by atoms with Gasteiger partial charge in [-0.05, 0) is 44.3 Å². The Balaban J connectivity index is 2.83. The molecule has 3 nitrogen and oxygen atoms in total. The predicted molar refractivity (Wildman–Crippen MR) is 76.3 cm³/mol. The molecule has 1 aliphatic carbocycles. The van der Waals surface area contributed by atoms with Crippen molar-refractivity contribution in [3.63, 3.8) is 0 Å². The van der Waals surface area contributed by atoms with Crippen molar-refractivity contribution in [2.45, 2.75) is 77.1 Å². The molecule has 1 saturated carbocycles. The molecule has 0 bridgehead atoms. The van der Waals surface area contributed by atoms with E-state index in [1.165, 1.54) is 0 Å². The van der Waals surface area contributed by atoms with Gasteiger partial charge in [0, 0.05) is 0 Å². The molecule has 2 unspecified atom stereocenters. The van der Waals surface area contributed by atoms with Crippen LogP contribution in [0.4, 0.5) is 0 Å². The van der Waals surface area contributed by atoms with Crippen LogP contribution in [0.15, 0.2) is 0 Å². The van der Waals surface area contributed by atoms with E-state index >= 15 is 0 Å². The molecule has 0 amide bonds. The molecule has 4 heteroatoms. The van der Waals surface area contributed by atoms with Crippen LogP contribution in [0.1, 0.15) is 52.4 Å². The van der Waals surface area contributed by atoms with Crippen LogP contribution in [0.5, 0.6) is 0 Å². The third kappa shape index (κ3) is 3.35. The smallest absolute Gasteiger partial charge is 0.335 e. The molecule has 1 N–H and O–H groups in total. The summed E-state index contributed by atoms with van der Waals surface area (Å²) in [7, 11) is -1.86. The maximum atomic E-state index is 11.7. The number of carbonyl (C=O) groups is 1. The van der Waals surface area contributed by atoms with E-state index < -0.39 is 19.9 Å². The second kappa shape index (κ2) is 6.20. The van der Waals surface area contributed by atoms with E-state index in [9.17, 15) is 9.90 Å². The average Bonchev–Trinajstić information content (AvgIpc) is 2.70. The van der Waals surface area contributed by atoms with Gasteiger partial charge in [-0.3, -0.25) is 0 Å². The summed E-state index contributed by atoms with van der Waals surface area (Å²) in [5.74, 6) is -0.535. The summed E-state index contributed by atoms with van der Waals surface area (Å²) in [5.41, 5.74) is -0.877. The van der Waals surface area contributed by atoms with Crippen molar-refractivity contribution in [1.82, 2.24) is 0 Å². The van der Waals surface area contributed by atoms with E-state index in [0.717, 1.165) is 38.1 Å². The Bertz CT molecular complexity index is 291. The Labute approximate surface area is 112 Å². The highest BCUT2D eigenvalue weighted by Gasteiger charge is 2.52. The molecule has 0 aromatic carbocycles. The van der Waals surface area contributed by atoms with Gasteiger partial charge in [0.15, 0.2) is 13.9 Å². The molecule has 106 valence electrons. The Kier molecular flexibility index (Phi) is 5.41. The number of unbranched alkanes of at least 4 members (excludes halogenated alkanes) is 1. The minimum Gasteiger partial charge on any atom is -0.479 e. The molecule has 1 aliphatic rings. The molecule has 1 rings (SSSR count). The summed E-state index contributed by atoms with van der Waals surface area (Å²) < 4.78 is 6.29. The van der Waals surface area contributed by atoms with E-state index in [4.69, 9.17) is 4.43 Å². The molecular weight excluding hydrogens is 244 g/mol. The summed E-state index contributed by atoms with van der Waals surface area (Å²) in [6, 6.07) is 1.06. The monoisotopic (exact) mass is 272 g/mol. The van der Waals surface area contributed by atoms with E-state index in [2.05, 4.69) is 26.9 Å². The SMILES string of the molecule is CCCC[Si](C)(C)OC1(C(=O)O)CCCC1CC. The fourth-order valence-corrected chi connectivity index (χ4v) is 5.84. The Hall–Kier alpha value is -0.353. The van der Waals surface area contributed by atoms with Gasteiger partial charge in [-0.1, -0.05) is 33.1 Å². The Morgan fingerprint density at radius 1 is 1.44 bits per heavy atom. The number of aliphatic carboxylic acids is 1. The minimum absolute atomic E-state index is 0.198. The highest BCUT2D eigenvalue weighted by Crippen LogP contribution is 2.43. The summed E-state index contributed by atoms with van der Waals surface area (Å²) in [6.45, 7) is 8.58. The zero-order valence-electron chi connectivity index (χ0n) is 12.3. The number of hydrogen-bond donors (Lipinski definition) is 1. The van der Waals surface area contributed by atoms with Crippen molar-refractivity contribution in [2.24, 2.45) is 5.92 Å². The van der Waals surface area contributed by atoms with Gasteiger partial charge in [0.05, 0.1) is 0 Å². The molecule has 0 aliphatic heterocycles. The maximum absolute atomic E-state index is 11.7. The molecule has 0 aromatic rings. The summed E-state index contributed by atoms with van der Waals surface area (Å²) in [6.07, 6.45) is 5.89. The van der Waals surface area contributed by atoms with Crippen molar-refractivity contribution < 1.29 is 14.3 Å².